The Morgan fingerprint density at radius 1 is 1.33 bits per heavy atom. The molecule has 2 rings (SSSR count). The van der Waals surface area contributed by atoms with Gasteiger partial charge in [-0.3, -0.25) is 0 Å². The number of ether oxygens (including phenoxy) is 1. The number of rotatable bonds is 5. The molecular weight excluding hydrogens is 266 g/mol. The van der Waals surface area contributed by atoms with Crippen LogP contribution in [0, 0.1) is 0 Å². The Labute approximate surface area is 124 Å². The molecule has 0 fully saturated rings. The van der Waals surface area contributed by atoms with Gasteiger partial charge in [0.05, 0.1) is 12.8 Å². The number of hydrogen-bond donors (Lipinski definition) is 1. The summed E-state index contributed by atoms with van der Waals surface area (Å²) in [6.45, 7) is 4.52. The van der Waals surface area contributed by atoms with E-state index in [2.05, 4.69) is 10.1 Å². The van der Waals surface area contributed by atoms with Gasteiger partial charge < -0.3 is 9.84 Å². The summed E-state index contributed by atoms with van der Waals surface area (Å²) in [5, 5.41) is 16.3. The number of aromatic hydroxyl groups is 1. The first-order valence-electron chi connectivity index (χ1n) is 6.77. The van der Waals surface area contributed by atoms with Crippen LogP contribution in [0.3, 0.4) is 0 Å². The normalized spacial score (nSPS) is 11.3. The summed E-state index contributed by atoms with van der Waals surface area (Å²) in [7, 11) is 1.59. The van der Waals surface area contributed by atoms with Crippen LogP contribution < -0.4 is 9.75 Å². The van der Waals surface area contributed by atoms with Crippen molar-refractivity contribution in [3.63, 3.8) is 0 Å². The van der Waals surface area contributed by atoms with Crippen molar-refractivity contribution in [2.24, 2.45) is 5.10 Å². The van der Waals surface area contributed by atoms with E-state index in [4.69, 9.17) is 4.74 Å². The standard InChI is InChI=1S/C16H19N3O2/c1-4-19(16-7-5-6-10-17-16)18-12(2)14-11-13(21-3)8-9-15(14)20/h5-11,20H,4H2,1-3H3/b18-12+. The fraction of sp³-hybridized carbons (Fsp3) is 0.250. The second-order valence-electron chi connectivity index (χ2n) is 4.47. The summed E-state index contributed by atoms with van der Waals surface area (Å²) in [4.78, 5) is 4.28. The lowest BCUT2D eigenvalue weighted by atomic mass is 10.1. The molecule has 1 heterocycles. The number of pyridine rings is 1. The molecule has 110 valence electrons. The lowest BCUT2D eigenvalue weighted by molar-refractivity contribution is 0.412. The topological polar surface area (TPSA) is 58.0 Å². The highest BCUT2D eigenvalue weighted by Crippen LogP contribution is 2.24. The van der Waals surface area contributed by atoms with E-state index >= 15 is 0 Å². The number of anilines is 1. The van der Waals surface area contributed by atoms with Gasteiger partial charge in [-0.25, -0.2) is 9.99 Å². The Bertz CT molecular complexity index is 627. The molecule has 0 aliphatic carbocycles. The molecule has 5 heteroatoms. The molecule has 1 aromatic heterocycles. The molecule has 1 aromatic carbocycles. The molecule has 5 nitrogen and oxygen atoms in total. The summed E-state index contributed by atoms with van der Waals surface area (Å²) >= 11 is 0. The second-order valence-corrected chi connectivity index (χ2v) is 4.47. The lowest BCUT2D eigenvalue weighted by Crippen LogP contribution is -2.19. The van der Waals surface area contributed by atoms with Crippen molar-refractivity contribution >= 4 is 11.5 Å². The van der Waals surface area contributed by atoms with Crippen LogP contribution in [0.2, 0.25) is 0 Å². The first-order chi connectivity index (χ1) is 10.2. The number of nitrogens with zero attached hydrogens (tertiary/aromatic N) is 3. The number of phenols is 1. The van der Waals surface area contributed by atoms with Gasteiger partial charge in [-0.05, 0) is 44.2 Å². The third-order valence-corrected chi connectivity index (χ3v) is 3.08. The smallest absolute Gasteiger partial charge is 0.148 e. The maximum atomic E-state index is 9.99. The third kappa shape index (κ3) is 3.51. The second kappa shape index (κ2) is 6.74. The van der Waals surface area contributed by atoms with E-state index in [1.165, 1.54) is 0 Å². The quantitative estimate of drug-likeness (QED) is 0.677. The molecule has 0 saturated carbocycles. The van der Waals surface area contributed by atoms with Crippen molar-refractivity contribution in [1.29, 1.82) is 0 Å². The Hall–Kier alpha value is -2.56. The van der Waals surface area contributed by atoms with Gasteiger partial charge in [0.2, 0.25) is 0 Å². The molecule has 0 saturated heterocycles. The molecular formula is C16H19N3O2. The van der Waals surface area contributed by atoms with E-state index in [0.29, 0.717) is 23.6 Å². The number of methoxy groups -OCH3 is 1. The largest absolute Gasteiger partial charge is 0.507 e. The molecule has 1 N–H and O–H groups in total. The van der Waals surface area contributed by atoms with Crippen molar-refractivity contribution in [2.45, 2.75) is 13.8 Å². The van der Waals surface area contributed by atoms with Crippen LogP contribution in [-0.2, 0) is 0 Å². The van der Waals surface area contributed by atoms with E-state index in [-0.39, 0.29) is 5.75 Å². The summed E-state index contributed by atoms with van der Waals surface area (Å²) in [5.41, 5.74) is 1.34. The van der Waals surface area contributed by atoms with Crippen LogP contribution in [-0.4, -0.2) is 29.5 Å². The minimum atomic E-state index is 0.175. The van der Waals surface area contributed by atoms with Crippen molar-refractivity contribution in [1.82, 2.24) is 4.98 Å². The average molecular weight is 285 g/mol. The first kappa shape index (κ1) is 14.8. The highest BCUT2D eigenvalue weighted by molar-refractivity contribution is 6.01. The van der Waals surface area contributed by atoms with E-state index < -0.39 is 0 Å². The number of benzene rings is 1. The van der Waals surface area contributed by atoms with E-state index in [9.17, 15) is 5.11 Å². The fourth-order valence-electron chi connectivity index (χ4n) is 1.96. The Morgan fingerprint density at radius 2 is 2.14 bits per heavy atom. The highest BCUT2D eigenvalue weighted by Gasteiger charge is 2.09. The zero-order chi connectivity index (χ0) is 15.2. The van der Waals surface area contributed by atoms with Crippen molar-refractivity contribution in [3.8, 4) is 11.5 Å². The lowest BCUT2D eigenvalue weighted by Gasteiger charge is -2.17. The number of hydrogen-bond acceptors (Lipinski definition) is 5. The van der Waals surface area contributed by atoms with E-state index in [1.54, 1.807) is 36.5 Å². The highest BCUT2D eigenvalue weighted by atomic mass is 16.5. The molecule has 21 heavy (non-hydrogen) atoms. The summed E-state index contributed by atoms with van der Waals surface area (Å²) in [5.74, 6) is 1.62. The molecule has 0 radical (unpaired) electrons. The Kier molecular flexibility index (Phi) is 4.77. The number of aromatic nitrogens is 1. The average Bonchev–Trinajstić information content (AvgIpc) is 2.53. The van der Waals surface area contributed by atoms with Gasteiger partial charge in [0.25, 0.3) is 0 Å². The number of phenolic OH excluding ortho intramolecular Hbond substituents is 1. The summed E-state index contributed by atoms with van der Waals surface area (Å²) < 4.78 is 5.18. The van der Waals surface area contributed by atoms with Gasteiger partial charge in [0.15, 0.2) is 0 Å². The molecule has 0 spiro atoms. The van der Waals surface area contributed by atoms with Crippen molar-refractivity contribution in [3.05, 3.63) is 48.2 Å². The molecule has 0 aliphatic heterocycles. The Morgan fingerprint density at radius 3 is 2.76 bits per heavy atom. The zero-order valence-corrected chi connectivity index (χ0v) is 12.4. The van der Waals surface area contributed by atoms with Crippen molar-refractivity contribution in [2.75, 3.05) is 18.7 Å². The zero-order valence-electron chi connectivity index (χ0n) is 12.4. The van der Waals surface area contributed by atoms with Crippen LogP contribution in [0.4, 0.5) is 5.82 Å². The van der Waals surface area contributed by atoms with Crippen LogP contribution in [0.15, 0.2) is 47.7 Å². The SMILES string of the molecule is CCN(/N=C(\C)c1cc(OC)ccc1O)c1ccccn1. The predicted molar refractivity (Wildman–Crippen MR) is 84.1 cm³/mol. The van der Waals surface area contributed by atoms with Crippen LogP contribution in [0.25, 0.3) is 0 Å². The summed E-state index contributed by atoms with van der Waals surface area (Å²) in [6, 6.07) is 10.7. The van der Waals surface area contributed by atoms with Crippen molar-refractivity contribution < 1.29 is 9.84 Å². The monoisotopic (exact) mass is 285 g/mol. The molecule has 0 unspecified atom stereocenters. The first-order valence-corrected chi connectivity index (χ1v) is 6.77. The molecule has 0 bridgehead atoms. The maximum Gasteiger partial charge on any atom is 0.148 e. The molecule has 0 aliphatic rings. The van der Waals surface area contributed by atoms with Gasteiger partial charge >= 0.3 is 0 Å². The van der Waals surface area contributed by atoms with Crippen LogP contribution >= 0.6 is 0 Å². The van der Waals surface area contributed by atoms with Crippen LogP contribution in [0.5, 0.6) is 11.5 Å². The number of hydrazone groups is 1. The molecule has 0 atom stereocenters. The van der Waals surface area contributed by atoms with Gasteiger partial charge in [-0.1, -0.05) is 6.07 Å². The van der Waals surface area contributed by atoms with Gasteiger partial charge in [0, 0.05) is 18.3 Å². The maximum absolute atomic E-state index is 9.99. The minimum absolute atomic E-state index is 0.175. The van der Waals surface area contributed by atoms with E-state index in [1.807, 2.05) is 32.0 Å². The van der Waals surface area contributed by atoms with E-state index in [0.717, 1.165) is 5.82 Å². The van der Waals surface area contributed by atoms with Gasteiger partial charge in [0.1, 0.15) is 17.3 Å². The minimum Gasteiger partial charge on any atom is -0.507 e. The fourth-order valence-corrected chi connectivity index (χ4v) is 1.96. The summed E-state index contributed by atoms with van der Waals surface area (Å²) in [6.07, 6.45) is 1.73. The predicted octanol–water partition coefficient (Wildman–Crippen LogP) is 3.05. The third-order valence-electron chi connectivity index (χ3n) is 3.08. The molecule has 2 aromatic rings. The van der Waals surface area contributed by atoms with Gasteiger partial charge in [-0.15, -0.1) is 0 Å². The molecule has 0 amide bonds. The van der Waals surface area contributed by atoms with Crippen LogP contribution in [0.1, 0.15) is 19.4 Å². The Balaban J connectivity index is 2.35. The van der Waals surface area contributed by atoms with Gasteiger partial charge in [-0.2, -0.15) is 5.10 Å².